The van der Waals surface area contributed by atoms with Crippen LogP contribution in [-0.4, -0.2) is 33.0 Å². The number of hydrogen-bond acceptors (Lipinski definition) is 4. The van der Waals surface area contributed by atoms with E-state index in [0.29, 0.717) is 12.8 Å². The molecule has 1 aromatic rings. The van der Waals surface area contributed by atoms with Gasteiger partial charge in [0, 0.05) is 19.3 Å². The monoisotopic (exact) mass is 258 g/mol. The normalized spacial score (nSPS) is 27.6. The van der Waals surface area contributed by atoms with Crippen molar-refractivity contribution in [3.05, 3.63) is 32.9 Å². The highest BCUT2D eigenvalue weighted by molar-refractivity contribution is 4.93. The summed E-state index contributed by atoms with van der Waals surface area (Å²) in [4.78, 5) is 24.4. The van der Waals surface area contributed by atoms with E-state index in [-0.39, 0.29) is 31.1 Å². The van der Waals surface area contributed by atoms with E-state index in [9.17, 15) is 14.0 Å². The van der Waals surface area contributed by atoms with Gasteiger partial charge < -0.3 is 10.2 Å². The zero-order valence-corrected chi connectivity index (χ0v) is 9.67. The third-order valence-corrected chi connectivity index (χ3v) is 3.60. The number of rotatable bonds is 3. The maximum atomic E-state index is 13.2. The molecule has 0 spiro atoms. The Labute approximate surface area is 102 Å². The molecule has 3 N–H and O–H groups in total. The van der Waals surface area contributed by atoms with Gasteiger partial charge in [0.05, 0.1) is 6.20 Å². The molecule has 0 aromatic carbocycles. The van der Waals surface area contributed by atoms with Gasteiger partial charge >= 0.3 is 5.69 Å². The number of H-pyrrole nitrogens is 1. The molecule has 18 heavy (non-hydrogen) atoms. The van der Waals surface area contributed by atoms with Crippen molar-refractivity contribution in [2.24, 2.45) is 11.8 Å². The second-order valence-corrected chi connectivity index (χ2v) is 4.65. The van der Waals surface area contributed by atoms with E-state index in [1.165, 1.54) is 0 Å². The van der Waals surface area contributed by atoms with Gasteiger partial charge in [-0.1, -0.05) is 0 Å². The lowest BCUT2D eigenvalue weighted by molar-refractivity contribution is 0.141. The highest BCUT2D eigenvalue weighted by Gasteiger charge is 2.34. The lowest BCUT2D eigenvalue weighted by atomic mass is 9.98. The molecule has 1 heterocycles. The zero-order chi connectivity index (χ0) is 13.3. The molecule has 1 saturated carbocycles. The van der Waals surface area contributed by atoms with Gasteiger partial charge in [-0.25, -0.2) is 4.79 Å². The SMILES string of the molecule is O=c1[nH]c(=O)n(C2CC(CO)C(CO)C2)cc1F. The fourth-order valence-corrected chi connectivity index (χ4v) is 2.59. The molecule has 7 heteroatoms. The number of nitrogens with zero attached hydrogens (tertiary/aromatic N) is 1. The molecule has 0 bridgehead atoms. The Balaban J connectivity index is 2.31. The minimum Gasteiger partial charge on any atom is -0.396 e. The summed E-state index contributed by atoms with van der Waals surface area (Å²) < 4.78 is 14.3. The van der Waals surface area contributed by atoms with Crippen LogP contribution in [0.1, 0.15) is 18.9 Å². The van der Waals surface area contributed by atoms with Crippen LogP contribution in [-0.2, 0) is 0 Å². The molecule has 6 nitrogen and oxygen atoms in total. The van der Waals surface area contributed by atoms with E-state index in [0.717, 1.165) is 10.8 Å². The molecular weight excluding hydrogens is 243 g/mol. The molecule has 0 radical (unpaired) electrons. The smallest absolute Gasteiger partial charge is 0.328 e. The highest BCUT2D eigenvalue weighted by atomic mass is 19.1. The van der Waals surface area contributed by atoms with Crippen molar-refractivity contribution >= 4 is 0 Å². The van der Waals surface area contributed by atoms with Crippen molar-refractivity contribution in [1.82, 2.24) is 9.55 Å². The number of nitrogens with one attached hydrogen (secondary N) is 1. The second kappa shape index (κ2) is 5.03. The van der Waals surface area contributed by atoms with Crippen molar-refractivity contribution in [3.63, 3.8) is 0 Å². The van der Waals surface area contributed by atoms with Crippen LogP contribution in [0.4, 0.5) is 4.39 Å². The summed E-state index contributed by atoms with van der Waals surface area (Å²) in [7, 11) is 0. The summed E-state index contributed by atoms with van der Waals surface area (Å²) in [5.41, 5.74) is -1.70. The van der Waals surface area contributed by atoms with Crippen LogP contribution in [0.15, 0.2) is 15.8 Å². The highest BCUT2D eigenvalue weighted by Crippen LogP contribution is 2.38. The summed E-state index contributed by atoms with van der Waals surface area (Å²) >= 11 is 0. The number of hydrogen-bond donors (Lipinski definition) is 3. The molecule has 100 valence electrons. The van der Waals surface area contributed by atoms with Gasteiger partial charge in [0.2, 0.25) is 5.82 Å². The molecule has 0 amide bonds. The van der Waals surface area contributed by atoms with E-state index >= 15 is 0 Å². The van der Waals surface area contributed by atoms with E-state index < -0.39 is 17.1 Å². The van der Waals surface area contributed by atoms with Crippen LogP contribution in [0.25, 0.3) is 0 Å². The Morgan fingerprint density at radius 3 is 2.33 bits per heavy atom. The summed E-state index contributed by atoms with van der Waals surface area (Å²) in [6.07, 6.45) is 1.85. The van der Waals surface area contributed by atoms with Gasteiger partial charge in [-0.3, -0.25) is 14.3 Å². The first kappa shape index (κ1) is 13.0. The van der Waals surface area contributed by atoms with Crippen LogP contribution in [0.2, 0.25) is 0 Å². The molecule has 1 aliphatic rings. The second-order valence-electron chi connectivity index (χ2n) is 4.65. The molecule has 1 aromatic heterocycles. The van der Waals surface area contributed by atoms with Crippen molar-refractivity contribution < 1.29 is 14.6 Å². The van der Waals surface area contributed by atoms with Gasteiger partial charge in [0.25, 0.3) is 5.56 Å². The third kappa shape index (κ3) is 2.23. The van der Waals surface area contributed by atoms with Gasteiger partial charge in [-0.05, 0) is 24.7 Å². The maximum absolute atomic E-state index is 13.2. The number of aromatic amines is 1. The lowest BCUT2D eigenvalue weighted by Gasteiger charge is -2.12. The maximum Gasteiger partial charge on any atom is 0.328 e. The van der Waals surface area contributed by atoms with E-state index in [1.807, 2.05) is 4.98 Å². The Morgan fingerprint density at radius 2 is 1.83 bits per heavy atom. The first-order chi connectivity index (χ1) is 8.56. The fourth-order valence-electron chi connectivity index (χ4n) is 2.59. The summed E-state index contributed by atoms with van der Waals surface area (Å²) in [6, 6.07) is -0.307. The number of aliphatic hydroxyl groups is 2. The predicted octanol–water partition coefficient (Wildman–Crippen LogP) is -0.772. The van der Waals surface area contributed by atoms with Crippen molar-refractivity contribution in [2.45, 2.75) is 18.9 Å². The molecule has 0 aliphatic heterocycles. The molecule has 2 unspecified atom stereocenters. The molecule has 2 atom stereocenters. The minimum atomic E-state index is -1.04. The topological polar surface area (TPSA) is 95.3 Å². The predicted molar refractivity (Wildman–Crippen MR) is 60.7 cm³/mol. The number of halogens is 1. The standard InChI is InChI=1S/C11H15FN2O4/c12-9-3-14(11(18)13-10(9)17)8-1-6(4-15)7(2-8)5-16/h3,6-8,15-16H,1-2,4-5H2,(H,13,17,18). The molecule has 2 rings (SSSR count). The van der Waals surface area contributed by atoms with Crippen LogP contribution in [0.3, 0.4) is 0 Å². The van der Waals surface area contributed by atoms with Gasteiger partial charge in [-0.2, -0.15) is 4.39 Å². The van der Waals surface area contributed by atoms with Gasteiger partial charge in [-0.15, -0.1) is 0 Å². The molecular formula is C11H15FN2O4. The van der Waals surface area contributed by atoms with E-state index in [4.69, 9.17) is 10.2 Å². The average molecular weight is 258 g/mol. The fraction of sp³-hybridized carbons (Fsp3) is 0.636. The van der Waals surface area contributed by atoms with Gasteiger partial charge in [0.15, 0.2) is 0 Å². The lowest BCUT2D eigenvalue weighted by Crippen LogP contribution is -2.33. The Hall–Kier alpha value is -1.47. The quantitative estimate of drug-likeness (QED) is 0.663. The number of aromatic nitrogens is 2. The zero-order valence-electron chi connectivity index (χ0n) is 9.67. The summed E-state index contributed by atoms with van der Waals surface area (Å²) in [5.74, 6) is -1.23. The molecule has 1 aliphatic carbocycles. The summed E-state index contributed by atoms with van der Waals surface area (Å²) in [5, 5.41) is 18.3. The minimum absolute atomic E-state index is 0.0810. The molecule has 1 fully saturated rings. The van der Waals surface area contributed by atoms with Crippen LogP contribution < -0.4 is 11.2 Å². The van der Waals surface area contributed by atoms with E-state index in [2.05, 4.69) is 0 Å². The van der Waals surface area contributed by atoms with Crippen LogP contribution in [0, 0.1) is 17.7 Å². The van der Waals surface area contributed by atoms with Crippen LogP contribution >= 0.6 is 0 Å². The third-order valence-electron chi connectivity index (χ3n) is 3.60. The van der Waals surface area contributed by atoms with Crippen LogP contribution in [0.5, 0.6) is 0 Å². The number of aliphatic hydroxyl groups excluding tert-OH is 2. The first-order valence-electron chi connectivity index (χ1n) is 5.79. The summed E-state index contributed by atoms with van der Waals surface area (Å²) in [6.45, 7) is -0.162. The van der Waals surface area contributed by atoms with Crippen molar-refractivity contribution in [1.29, 1.82) is 0 Å². The largest absolute Gasteiger partial charge is 0.396 e. The van der Waals surface area contributed by atoms with Crippen molar-refractivity contribution in [2.75, 3.05) is 13.2 Å². The molecule has 0 saturated heterocycles. The van der Waals surface area contributed by atoms with Crippen molar-refractivity contribution in [3.8, 4) is 0 Å². The van der Waals surface area contributed by atoms with Gasteiger partial charge in [0.1, 0.15) is 0 Å². The Kier molecular flexibility index (Phi) is 3.63. The average Bonchev–Trinajstić information content (AvgIpc) is 2.76. The van der Waals surface area contributed by atoms with E-state index in [1.54, 1.807) is 0 Å². The Bertz CT molecular complexity index is 527. The Morgan fingerprint density at radius 1 is 1.28 bits per heavy atom. The first-order valence-corrected chi connectivity index (χ1v) is 5.79.